The average molecular weight is 425 g/mol. The molecule has 1 saturated heterocycles. The Kier molecular flexibility index (Phi) is 6.72. The molecule has 6 nitrogen and oxygen atoms in total. The zero-order valence-electron chi connectivity index (χ0n) is 17.6. The highest BCUT2D eigenvalue weighted by atomic mass is 19.1. The molecule has 7 heteroatoms. The average Bonchev–Trinajstić information content (AvgIpc) is 2.78. The van der Waals surface area contributed by atoms with Gasteiger partial charge < -0.3 is 20.7 Å². The summed E-state index contributed by atoms with van der Waals surface area (Å²) < 4.78 is 18.9. The van der Waals surface area contributed by atoms with Crippen LogP contribution in [-0.4, -0.2) is 56.7 Å². The molecule has 2 aromatic carbocycles. The largest absolute Gasteiger partial charge is 0.488 e. The number of ether oxygens (including phenoxy) is 1. The Balaban J connectivity index is 1.14. The van der Waals surface area contributed by atoms with E-state index >= 15 is 0 Å². The van der Waals surface area contributed by atoms with Crippen LogP contribution >= 0.6 is 0 Å². The molecule has 2 aliphatic rings. The van der Waals surface area contributed by atoms with E-state index in [1.807, 2.05) is 18.2 Å². The molecular weight excluding hydrogens is 395 g/mol. The van der Waals surface area contributed by atoms with Crippen LogP contribution in [0.3, 0.4) is 0 Å². The Morgan fingerprint density at radius 3 is 2.74 bits per heavy atom. The number of unbranched alkanes of at least 4 members (excludes halogenated alkanes) is 1. The Labute approximate surface area is 182 Å². The number of carbonyl (C=O) groups excluding carboxylic acids is 1. The minimum absolute atomic E-state index is 0.148. The Morgan fingerprint density at radius 1 is 1.10 bits per heavy atom. The Bertz CT molecular complexity index is 954. The van der Waals surface area contributed by atoms with Gasteiger partial charge in [-0.1, -0.05) is 6.07 Å². The number of benzene rings is 2. The fourth-order valence-electron chi connectivity index (χ4n) is 4.01. The molecule has 1 amide bonds. The number of fused-ring (bicyclic) bond motifs is 1. The summed E-state index contributed by atoms with van der Waals surface area (Å²) in [7, 11) is 0. The van der Waals surface area contributed by atoms with Gasteiger partial charge in [-0.2, -0.15) is 0 Å². The Morgan fingerprint density at radius 2 is 1.94 bits per heavy atom. The van der Waals surface area contributed by atoms with Crippen molar-refractivity contribution in [3.8, 4) is 5.75 Å². The number of piperazine rings is 1. The van der Waals surface area contributed by atoms with E-state index < -0.39 is 0 Å². The lowest BCUT2D eigenvalue weighted by atomic mass is 10.1. The monoisotopic (exact) mass is 424 g/mol. The maximum atomic E-state index is 13.4. The summed E-state index contributed by atoms with van der Waals surface area (Å²) in [5.74, 6) is 0.119. The Hall–Kier alpha value is -3.06. The first kappa shape index (κ1) is 21.2. The molecule has 0 saturated carbocycles. The van der Waals surface area contributed by atoms with Crippen LogP contribution in [0.25, 0.3) is 6.08 Å². The van der Waals surface area contributed by atoms with Crippen molar-refractivity contribution in [1.29, 1.82) is 0 Å². The van der Waals surface area contributed by atoms with Crippen molar-refractivity contribution in [3.05, 3.63) is 59.4 Å². The standard InChI is InChI=1S/C24H29FN4O2/c25-20-6-7-23-18(15-20)14-19(17-31-23)24(30)27-8-1-2-9-28-10-12-29(13-11-28)22-5-3-4-21(26)16-22/h3-7,14-16H,1-2,8-13,17,26H2,(H,27,30). The second-order valence-electron chi connectivity index (χ2n) is 8.03. The molecule has 31 heavy (non-hydrogen) atoms. The number of amides is 1. The topological polar surface area (TPSA) is 70.8 Å². The van der Waals surface area contributed by atoms with Gasteiger partial charge in [0.15, 0.2) is 0 Å². The van der Waals surface area contributed by atoms with Crippen LogP contribution in [0.1, 0.15) is 18.4 Å². The fraction of sp³-hybridized carbons (Fsp3) is 0.375. The van der Waals surface area contributed by atoms with Gasteiger partial charge >= 0.3 is 0 Å². The van der Waals surface area contributed by atoms with Crippen molar-refractivity contribution >= 4 is 23.4 Å². The van der Waals surface area contributed by atoms with E-state index in [1.54, 1.807) is 12.1 Å². The lowest BCUT2D eigenvalue weighted by molar-refractivity contribution is -0.117. The quantitative estimate of drug-likeness (QED) is 0.528. The van der Waals surface area contributed by atoms with Crippen LogP contribution in [0.4, 0.5) is 15.8 Å². The number of anilines is 2. The molecule has 0 aromatic heterocycles. The zero-order valence-corrected chi connectivity index (χ0v) is 17.6. The van der Waals surface area contributed by atoms with E-state index in [0.717, 1.165) is 51.3 Å². The first-order chi connectivity index (χ1) is 15.1. The summed E-state index contributed by atoms with van der Waals surface area (Å²) in [6.07, 6.45) is 3.65. The summed E-state index contributed by atoms with van der Waals surface area (Å²) in [6, 6.07) is 12.4. The van der Waals surface area contributed by atoms with Gasteiger partial charge in [0.25, 0.3) is 5.91 Å². The van der Waals surface area contributed by atoms with Gasteiger partial charge in [0.05, 0.1) is 5.57 Å². The number of rotatable bonds is 7. The molecule has 0 atom stereocenters. The summed E-state index contributed by atoms with van der Waals surface area (Å²) in [5.41, 5.74) is 9.01. The van der Waals surface area contributed by atoms with Crippen molar-refractivity contribution < 1.29 is 13.9 Å². The first-order valence-electron chi connectivity index (χ1n) is 10.8. The summed E-state index contributed by atoms with van der Waals surface area (Å²) in [6.45, 7) is 5.91. The summed E-state index contributed by atoms with van der Waals surface area (Å²) >= 11 is 0. The molecule has 2 aliphatic heterocycles. The maximum Gasteiger partial charge on any atom is 0.250 e. The smallest absolute Gasteiger partial charge is 0.250 e. The zero-order chi connectivity index (χ0) is 21.6. The lowest BCUT2D eigenvalue weighted by Gasteiger charge is -2.36. The molecule has 0 bridgehead atoms. The van der Waals surface area contributed by atoms with Gasteiger partial charge in [0.1, 0.15) is 18.2 Å². The van der Waals surface area contributed by atoms with Crippen molar-refractivity contribution in [3.63, 3.8) is 0 Å². The highest BCUT2D eigenvalue weighted by Crippen LogP contribution is 2.27. The minimum Gasteiger partial charge on any atom is -0.488 e. The fourth-order valence-corrected chi connectivity index (χ4v) is 4.01. The molecule has 2 aromatic rings. The summed E-state index contributed by atoms with van der Waals surface area (Å²) in [4.78, 5) is 17.2. The molecule has 0 radical (unpaired) electrons. The van der Waals surface area contributed by atoms with E-state index in [1.165, 1.54) is 17.8 Å². The van der Waals surface area contributed by atoms with Crippen LogP contribution in [0.15, 0.2) is 48.0 Å². The third kappa shape index (κ3) is 5.55. The number of nitrogens with zero attached hydrogens (tertiary/aromatic N) is 2. The molecule has 0 spiro atoms. The second-order valence-corrected chi connectivity index (χ2v) is 8.03. The van der Waals surface area contributed by atoms with Gasteiger partial charge in [-0.25, -0.2) is 4.39 Å². The number of nitrogens with one attached hydrogen (secondary N) is 1. The number of nitrogens with two attached hydrogens (primary N) is 1. The van der Waals surface area contributed by atoms with E-state index in [9.17, 15) is 9.18 Å². The van der Waals surface area contributed by atoms with E-state index in [4.69, 9.17) is 10.5 Å². The molecule has 1 fully saturated rings. The van der Waals surface area contributed by atoms with Crippen molar-refractivity contribution in [2.24, 2.45) is 0 Å². The predicted molar refractivity (Wildman–Crippen MR) is 122 cm³/mol. The normalized spacial score (nSPS) is 16.3. The molecule has 2 heterocycles. The third-order valence-corrected chi connectivity index (χ3v) is 5.77. The lowest BCUT2D eigenvalue weighted by Crippen LogP contribution is -2.46. The molecular formula is C24H29FN4O2. The van der Waals surface area contributed by atoms with Crippen molar-refractivity contribution in [1.82, 2.24) is 10.2 Å². The van der Waals surface area contributed by atoms with Crippen LogP contribution in [0, 0.1) is 5.82 Å². The SMILES string of the molecule is Nc1cccc(N2CCN(CCCCNC(=O)C3=Cc4cc(F)ccc4OC3)CC2)c1. The van der Waals surface area contributed by atoms with Crippen molar-refractivity contribution in [2.75, 3.05) is 56.5 Å². The first-order valence-corrected chi connectivity index (χ1v) is 10.8. The molecule has 3 N–H and O–H groups in total. The van der Waals surface area contributed by atoms with Crippen molar-refractivity contribution in [2.45, 2.75) is 12.8 Å². The van der Waals surface area contributed by atoms with Crippen LogP contribution in [0.5, 0.6) is 5.75 Å². The highest BCUT2D eigenvalue weighted by molar-refractivity contribution is 5.99. The molecule has 164 valence electrons. The molecule has 0 unspecified atom stereocenters. The van der Waals surface area contributed by atoms with E-state index in [-0.39, 0.29) is 18.3 Å². The van der Waals surface area contributed by atoms with Gasteiger partial charge in [-0.15, -0.1) is 0 Å². The van der Waals surface area contributed by atoms with E-state index in [2.05, 4.69) is 21.2 Å². The van der Waals surface area contributed by atoms with Gasteiger partial charge in [0, 0.05) is 49.7 Å². The molecule has 4 rings (SSSR count). The number of carbonyl (C=O) groups is 1. The third-order valence-electron chi connectivity index (χ3n) is 5.77. The number of hydrogen-bond donors (Lipinski definition) is 2. The van der Waals surface area contributed by atoms with Crippen LogP contribution in [-0.2, 0) is 4.79 Å². The predicted octanol–water partition coefficient (Wildman–Crippen LogP) is 2.90. The maximum absolute atomic E-state index is 13.4. The molecule has 0 aliphatic carbocycles. The van der Waals surface area contributed by atoms with Crippen LogP contribution < -0.4 is 20.7 Å². The number of nitrogen functional groups attached to an aromatic ring is 1. The van der Waals surface area contributed by atoms with Gasteiger partial charge in [0.2, 0.25) is 0 Å². The highest BCUT2D eigenvalue weighted by Gasteiger charge is 2.18. The van der Waals surface area contributed by atoms with Gasteiger partial charge in [-0.3, -0.25) is 9.69 Å². The van der Waals surface area contributed by atoms with Gasteiger partial charge in [-0.05, 0) is 61.9 Å². The summed E-state index contributed by atoms with van der Waals surface area (Å²) in [5, 5.41) is 2.95. The second kappa shape index (κ2) is 9.83. The number of hydrogen-bond acceptors (Lipinski definition) is 5. The minimum atomic E-state index is -0.339. The van der Waals surface area contributed by atoms with E-state index in [0.29, 0.717) is 23.4 Å². The van der Waals surface area contributed by atoms with Crippen LogP contribution in [0.2, 0.25) is 0 Å². The number of halogens is 1.